The molecule has 1 saturated heterocycles. The molecule has 7 heteroatoms. The molecular formula is C16H25Cl2N3OS. The van der Waals surface area contributed by atoms with Crippen LogP contribution in [0.15, 0.2) is 18.2 Å². The first kappa shape index (κ1) is 20.4. The highest BCUT2D eigenvalue weighted by Gasteiger charge is 2.25. The summed E-state index contributed by atoms with van der Waals surface area (Å²) in [7, 11) is 0. The van der Waals surface area contributed by atoms with E-state index in [0.29, 0.717) is 0 Å². The summed E-state index contributed by atoms with van der Waals surface area (Å²) in [6.45, 7) is 5.17. The van der Waals surface area contributed by atoms with Gasteiger partial charge in [-0.1, -0.05) is 17.7 Å². The van der Waals surface area contributed by atoms with E-state index in [0.717, 1.165) is 49.1 Å². The molecule has 1 aromatic rings. The Labute approximate surface area is 154 Å². The molecule has 130 valence electrons. The fourth-order valence-corrected chi connectivity index (χ4v) is 3.35. The molecule has 1 amide bonds. The summed E-state index contributed by atoms with van der Waals surface area (Å²) in [6, 6.07) is 5.57. The highest BCUT2D eigenvalue weighted by Crippen LogP contribution is 2.25. The van der Waals surface area contributed by atoms with Crippen LogP contribution in [-0.2, 0) is 4.79 Å². The Balaban J connectivity index is 0.00000264. The van der Waals surface area contributed by atoms with Gasteiger partial charge in [0.15, 0.2) is 0 Å². The number of nitrogens with two attached hydrogens (primary N) is 1. The van der Waals surface area contributed by atoms with E-state index in [4.69, 9.17) is 17.3 Å². The van der Waals surface area contributed by atoms with Gasteiger partial charge in [0, 0.05) is 36.9 Å². The largest absolute Gasteiger partial charge is 0.368 e. The Morgan fingerprint density at radius 3 is 2.61 bits per heavy atom. The van der Waals surface area contributed by atoms with E-state index in [9.17, 15) is 4.79 Å². The first-order valence-electron chi connectivity index (χ1n) is 7.57. The van der Waals surface area contributed by atoms with Crippen LogP contribution in [0.5, 0.6) is 0 Å². The molecular weight excluding hydrogens is 353 g/mol. The van der Waals surface area contributed by atoms with Crippen LogP contribution in [0.1, 0.15) is 12.0 Å². The Kier molecular flexibility index (Phi) is 8.54. The predicted molar refractivity (Wildman–Crippen MR) is 103 cm³/mol. The van der Waals surface area contributed by atoms with Gasteiger partial charge in [0.1, 0.15) is 0 Å². The lowest BCUT2D eigenvalue weighted by atomic mass is 10.1. The summed E-state index contributed by atoms with van der Waals surface area (Å²) >= 11 is 7.82. The van der Waals surface area contributed by atoms with E-state index in [2.05, 4.69) is 11.8 Å². The van der Waals surface area contributed by atoms with Crippen LogP contribution in [0.4, 0.5) is 5.69 Å². The van der Waals surface area contributed by atoms with E-state index in [-0.39, 0.29) is 24.4 Å². The number of rotatable bonds is 5. The lowest BCUT2D eigenvalue weighted by Gasteiger charge is -2.37. The monoisotopic (exact) mass is 377 g/mol. The summed E-state index contributed by atoms with van der Waals surface area (Å²) in [4.78, 5) is 16.5. The van der Waals surface area contributed by atoms with Crippen molar-refractivity contribution in [2.75, 3.05) is 43.1 Å². The third-order valence-corrected chi connectivity index (χ3v) is 4.93. The predicted octanol–water partition coefficient (Wildman–Crippen LogP) is 2.80. The SMILES string of the molecule is CSCC[C@H](N)C(=O)N1CCN(c2cc(Cl)ccc2C)CC1.Cl. The van der Waals surface area contributed by atoms with Gasteiger partial charge in [-0.2, -0.15) is 11.8 Å². The summed E-state index contributed by atoms with van der Waals surface area (Å²) in [5.74, 6) is 1.01. The third kappa shape index (κ3) is 5.45. The molecule has 2 rings (SSSR count). The van der Waals surface area contributed by atoms with Crippen molar-refractivity contribution in [3.05, 3.63) is 28.8 Å². The highest BCUT2D eigenvalue weighted by atomic mass is 35.5. The van der Waals surface area contributed by atoms with Crippen molar-refractivity contribution in [3.8, 4) is 0 Å². The smallest absolute Gasteiger partial charge is 0.239 e. The summed E-state index contributed by atoms with van der Waals surface area (Å²) in [5, 5.41) is 0.748. The number of hydrogen-bond donors (Lipinski definition) is 1. The van der Waals surface area contributed by atoms with Gasteiger partial charge in [0.2, 0.25) is 5.91 Å². The number of thioether (sulfide) groups is 1. The van der Waals surface area contributed by atoms with E-state index in [1.807, 2.05) is 29.4 Å². The molecule has 1 aromatic carbocycles. The Morgan fingerprint density at radius 2 is 2.00 bits per heavy atom. The van der Waals surface area contributed by atoms with E-state index in [1.54, 1.807) is 11.8 Å². The number of nitrogens with zero attached hydrogens (tertiary/aromatic N) is 2. The molecule has 0 saturated carbocycles. The average molecular weight is 378 g/mol. The van der Waals surface area contributed by atoms with Crippen LogP contribution < -0.4 is 10.6 Å². The molecule has 0 aliphatic carbocycles. The van der Waals surface area contributed by atoms with Gasteiger partial charge < -0.3 is 15.5 Å². The fraction of sp³-hybridized carbons (Fsp3) is 0.562. The van der Waals surface area contributed by atoms with Crippen LogP contribution in [0, 0.1) is 6.92 Å². The number of benzene rings is 1. The molecule has 0 unspecified atom stereocenters. The first-order chi connectivity index (χ1) is 10.5. The van der Waals surface area contributed by atoms with Crippen LogP contribution >= 0.6 is 35.8 Å². The van der Waals surface area contributed by atoms with Gasteiger partial charge in [-0.05, 0) is 43.0 Å². The van der Waals surface area contributed by atoms with E-state index in [1.165, 1.54) is 5.56 Å². The molecule has 4 nitrogen and oxygen atoms in total. The molecule has 23 heavy (non-hydrogen) atoms. The molecule has 1 fully saturated rings. The number of carbonyl (C=O) groups excluding carboxylic acids is 1. The molecule has 1 aliphatic heterocycles. The van der Waals surface area contributed by atoms with Crippen molar-refractivity contribution < 1.29 is 4.79 Å². The van der Waals surface area contributed by atoms with Crippen molar-refractivity contribution in [1.29, 1.82) is 0 Å². The molecule has 2 N–H and O–H groups in total. The van der Waals surface area contributed by atoms with Crippen molar-refractivity contribution in [2.45, 2.75) is 19.4 Å². The minimum atomic E-state index is -0.369. The first-order valence-corrected chi connectivity index (χ1v) is 9.34. The number of carbonyl (C=O) groups is 1. The maximum atomic E-state index is 12.3. The van der Waals surface area contributed by atoms with E-state index >= 15 is 0 Å². The topological polar surface area (TPSA) is 49.6 Å². The van der Waals surface area contributed by atoms with Crippen LogP contribution in [0.25, 0.3) is 0 Å². The maximum absolute atomic E-state index is 12.3. The number of anilines is 1. The van der Waals surface area contributed by atoms with Gasteiger partial charge in [-0.25, -0.2) is 0 Å². The number of aryl methyl sites for hydroxylation is 1. The van der Waals surface area contributed by atoms with Crippen molar-refractivity contribution in [1.82, 2.24) is 4.90 Å². The van der Waals surface area contributed by atoms with Gasteiger partial charge in [-0.15, -0.1) is 12.4 Å². The van der Waals surface area contributed by atoms with Crippen molar-refractivity contribution in [2.24, 2.45) is 5.73 Å². The van der Waals surface area contributed by atoms with Gasteiger partial charge >= 0.3 is 0 Å². The molecule has 1 aliphatic rings. The molecule has 1 heterocycles. The minimum Gasteiger partial charge on any atom is -0.368 e. The Bertz CT molecular complexity index is 522. The number of amides is 1. The van der Waals surface area contributed by atoms with Crippen LogP contribution in [-0.4, -0.2) is 55.0 Å². The Hall–Kier alpha value is -0.620. The summed E-state index contributed by atoms with van der Waals surface area (Å²) in [6.07, 6.45) is 2.77. The third-order valence-electron chi connectivity index (χ3n) is 4.05. The van der Waals surface area contributed by atoms with Crippen LogP contribution in [0.2, 0.25) is 5.02 Å². The average Bonchev–Trinajstić information content (AvgIpc) is 2.54. The molecule has 0 spiro atoms. The lowest BCUT2D eigenvalue weighted by Crippen LogP contribution is -2.53. The lowest BCUT2D eigenvalue weighted by molar-refractivity contribution is -0.132. The minimum absolute atomic E-state index is 0. The second kappa shape index (κ2) is 9.62. The highest BCUT2D eigenvalue weighted by molar-refractivity contribution is 7.98. The molecule has 0 radical (unpaired) electrons. The zero-order valence-electron chi connectivity index (χ0n) is 13.6. The molecule has 1 atom stereocenters. The quantitative estimate of drug-likeness (QED) is 0.856. The second-order valence-corrected chi connectivity index (χ2v) is 7.05. The van der Waals surface area contributed by atoms with E-state index < -0.39 is 0 Å². The zero-order chi connectivity index (χ0) is 16.1. The van der Waals surface area contributed by atoms with Crippen LogP contribution in [0.3, 0.4) is 0 Å². The zero-order valence-corrected chi connectivity index (χ0v) is 16.0. The summed E-state index contributed by atoms with van der Waals surface area (Å²) < 4.78 is 0. The molecule has 0 bridgehead atoms. The van der Waals surface area contributed by atoms with Gasteiger partial charge in [0.05, 0.1) is 6.04 Å². The van der Waals surface area contributed by atoms with Gasteiger partial charge in [-0.3, -0.25) is 4.79 Å². The number of halogens is 2. The molecule has 0 aromatic heterocycles. The summed E-state index contributed by atoms with van der Waals surface area (Å²) in [5.41, 5.74) is 8.36. The van der Waals surface area contributed by atoms with Crippen molar-refractivity contribution in [3.63, 3.8) is 0 Å². The number of piperazine rings is 1. The fourth-order valence-electron chi connectivity index (χ4n) is 2.69. The second-order valence-electron chi connectivity index (χ2n) is 5.63. The number of hydrogen-bond acceptors (Lipinski definition) is 4. The van der Waals surface area contributed by atoms with Crippen molar-refractivity contribution >= 4 is 47.4 Å². The standard InChI is InChI=1S/C16H24ClN3OS.ClH/c1-12-3-4-13(17)11-15(12)19-6-8-20(9-7-19)16(21)14(18)5-10-22-2;/h3-4,11,14H,5-10,18H2,1-2H3;1H/t14-;/m0./s1. The Morgan fingerprint density at radius 1 is 1.35 bits per heavy atom. The maximum Gasteiger partial charge on any atom is 0.239 e. The van der Waals surface area contributed by atoms with Gasteiger partial charge in [0.25, 0.3) is 0 Å². The normalized spacial score (nSPS) is 16.0.